The van der Waals surface area contributed by atoms with E-state index in [1.54, 1.807) is 6.92 Å². The highest BCUT2D eigenvalue weighted by Crippen LogP contribution is 2.16. The minimum absolute atomic E-state index is 0.243. The summed E-state index contributed by atoms with van der Waals surface area (Å²) in [7, 11) is 0. The first kappa shape index (κ1) is 12.0. The highest BCUT2D eigenvalue weighted by Gasteiger charge is 2.12. The van der Waals surface area contributed by atoms with Gasteiger partial charge in [0.1, 0.15) is 6.42 Å². The second-order valence-corrected chi connectivity index (χ2v) is 3.17. The van der Waals surface area contributed by atoms with Crippen LogP contribution in [-0.2, 0) is 14.3 Å². The molecule has 0 bridgehead atoms. The van der Waals surface area contributed by atoms with E-state index < -0.39 is 5.97 Å². The molecule has 0 unspecified atom stereocenters. The van der Waals surface area contributed by atoms with E-state index >= 15 is 0 Å². The van der Waals surface area contributed by atoms with Crippen LogP contribution in [-0.4, -0.2) is 18.4 Å². The van der Waals surface area contributed by atoms with Gasteiger partial charge in [-0.05, 0) is 12.3 Å². The first-order valence-corrected chi connectivity index (χ1v) is 4.65. The monoisotopic (exact) mass is 200 g/mol. The number of carbonyl (C=O) groups excluding carboxylic acids is 2. The van der Waals surface area contributed by atoms with Crippen LogP contribution < -0.4 is 0 Å². The van der Waals surface area contributed by atoms with Gasteiger partial charge in [0, 0.05) is 4.91 Å². The SMILES string of the molecule is C=CSC(=C)C(=O)CC(=O)OCC. The minimum Gasteiger partial charge on any atom is -0.466 e. The summed E-state index contributed by atoms with van der Waals surface area (Å²) in [5, 5.41) is 1.49. The van der Waals surface area contributed by atoms with Gasteiger partial charge in [-0.15, -0.1) is 0 Å². The first-order valence-electron chi connectivity index (χ1n) is 3.77. The van der Waals surface area contributed by atoms with Crippen LogP contribution in [0.5, 0.6) is 0 Å². The van der Waals surface area contributed by atoms with Gasteiger partial charge in [0.25, 0.3) is 0 Å². The van der Waals surface area contributed by atoms with Crippen LogP contribution >= 0.6 is 11.8 Å². The summed E-state index contributed by atoms with van der Waals surface area (Å²) >= 11 is 1.11. The van der Waals surface area contributed by atoms with Crippen LogP contribution in [0, 0.1) is 0 Å². The number of ether oxygens (including phenoxy) is 1. The van der Waals surface area contributed by atoms with Crippen molar-refractivity contribution in [1.29, 1.82) is 0 Å². The molecular weight excluding hydrogens is 188 g/mol. The molecule has 0 rings (SSSR count). The van der Waals surface area contributed by atoms with Gasteiger partial charge in [-0.3, -0.25) is 9.59 Å². The fraction of sp³-hybridized carbons (Fsp3) is 0.333. The topological polar surface area (TPSA) is 43.4 Å². The third kappa shape index (κ3) is 5.25. The predicted octanol–water partition coefficient (Wildman–Crippen LogP) is 1.90. The summed E-state index contributed by atoms with van der Waals surface area (Å²) in [5.74, 6) is -0.832. The third-order valence-corrected chi connectivity index (χ3v) is 1.83. The van der Waals surface area contributed by atoms with Crippen molar-refractivity contribution in [2.45, 2.75) is 13.3 Å². The number of Topliss-reactive ketones (excluding diaryl/α,β-unsaturated/α-hetero) is 1. The number of esters is 1. The number of ketones is 1. The Balaban J connectivity index is 3.92. The molecule has 0 spiro atoms. The Morgan fingerprint density at radius 2 is 2.15 bits per heavy atom. The molecule has 0 aromatic heterocycles. The molecule has 0 heterocycles. The molecule has 0 N–H and O–H groups in total. The Morgan fingerprint density at radius 1 is 1.54 bits per heavy atom. The lowest BCUT2D eigenvalue weighted by Crippen LogP contribution is -2.11. The average Bonchev–Trinajstić information content (AvgIpc) is 2.05. The molecule has 13 heavy (non-hydrogen) atoms. The van der Waals surface area contributed by atoms with E-state index in [1.165, 1.54) is 5.41 Å². The number of hydrogen-bond acceptors (Lipinski definition) is 4. The zero-order valence-corrected chi connectivity index (χ0v) is 8.36. The minimum atomic E-state index is -0.515. The van der Waals surface area contributed by atoms with E-state index in [0.29, 0.717) is 4.91 Å². The summed E-state index contributed by atoms with van der Waals surface area (Å²) in [6.07, 6.45) is -0.243. The maximum atomic E-state index is 11.1. The molecule has 4 heteroatoms. The normalized spacial score (nSPS) is 9.00. The van der Waals surface area contributed by atoms with Crippen molar-refractivity contribution in [3.8, 4) is 0 Å². The lowest BCUT2D eigenvalue weighted by atomic mass is 10.3. The summed E-state index contributed by atoms with van der Waals surface area (Å²) < 4.78 is 4.60. The average molecular weight is 200 g/mol. The van der Waals surface area contributed by atoms with E-state index in [0.717, 1.165) is 11.8 Å². The molecule has 72 valence electrons. The zero-order valence-electron chi connectivity index (χ0n) is 7.54. The summed E-state index contributed by atoms with van der Waals surface area (Å²) in [5.41, 5.74) is 0. The Labute approximate surface area is 81.8 Å². The fourth-order valence-corrected chi connectivity index (χ4v) is 1.01. The second kappa shape index (κ2) is 6.48. The first-order chi connectivity index (χ1) is 6.11. The Hall–Kier alpha value is -1.03. The number of allylic oxidation sites excluding steroid dienone is 1. The van der Waals surface area contributed by atoms with Crippen LogP contribution in [0.3, 0.4) is 0 Å². The molecule has 0 saturated heterocycles. The van der Waals surface area contributed by atoms with Gasteiger partial charge in [0.2, 0.25) is 0 Å². The zero-order chi connectivity index (χ0) is 10.3. The largest absolute Gasteiger partial charge is 0.466 e. The van der Waals surface area contributed by atoms with E-state index in [2.05, 4.69) is 17.9 Å². The van der Waals surface area contributed by atoms with Gasteiger partial charge >= 0.3 is 5.97 Å². The molecular formula is C9H12O3S. The van der Waals surface area contributed by atoms with Gasteiger partial charge in [-0.25, -0.2) is 0 Å². The van der Waals surface area contributed by atoms with Crippen LogP contribution in [0.2, 0.25) is 0 Å². The van der Waals surface area contributed by atoms with Gasteiger partial charge in [-0.1, -0.05) is 24.9 Å². The molecule has 0 aromatic carbocycles. The maximum absolute atomic E-state index is 11.1. The lowest BCUT2D eigenvalue weighted by Gasteiger charge is -2.01. The van der Waals surface area contributed by atoms with E-state index in [-0.39, 0.29) is 18.8 Å². The summed E-state index contributed by atoms with van der Waals surface area (Å²) in [4.78, 5) is 22.3. The van der Waals surface area contributed by atoms with Gasteiger partial charge in [-0.2, -0.15) is 0 Å². The van der Waals surface area contributed by atoms with Crippen molar-refractivity contribution in [2.75, 3.05) is 6.61 Å². The summed E-state index contributed by atoms with van der Waals surface area (Å²) in [6.45, 7) is 8.90. The van der Waals surface area contributed by atoms with E-state index in [9.17, 15) is 9.59 Å². The summed E-state index contributed by atoms with van der Waals surface area (Å²) in [6, 6.07) is 0. The number of rotatable bonds is 6. The van der Waals surface area contributed by atoms with Crippen molar-refractivity contribution < 1.29 is 14.3 Å². The molecule has 0 aliphatic carbocycles. The number of thioether (sulfide) groups is 1. The van der Waals surface area contributed by atoms with Crippen molar-refractivity contribution in [1.82, 2.24) is 0 Å². The highest BCUT2D eigenvalue weighted by molar-refractivity contribution is 8.06. The molecule has 0 aliphatic heterocycles. The fourth-order valence-electron chi connectivity index (χ4n) is 0.608. The quantitative estimate of drug-likeness (QED) is 0.373. The molecule has 0 saturated carbocycles. The van der Waals surface area contributed by atoms with Gasteiger partial charge < -0.3 is 4.74 Å². The van der Waals surface area contributed by atoms with Crippen LogP contribution in [0.1, 0.15) is 13.3 Å². The van der Waals surface area contributed by atoms with E-state index in [1.807, 2.05) is 0 Å². The smallest absolute Gasteiger partial charge is 0.313 e. The van der Waals surface area contributed by atoms with Crippen molar-refractivity contribution in [3.63, 3.8) is 0 Å². The molecule has 0 atom stereocenters. The molecule has 0 aliphatic rings. The standard InChI is InChI=1S/C9H12O3S/c1-4-12-9(11)6-8(10)7(3)13-5-2/h5H,2-4,6H2,1H3. The molecule has 0 fully saturated rings. The predicted molar refractivity (Wildman–Crippen MR) is 53.2 cm³/mol. The Kier molecular flexibility index (Phi) is 5.97. The molecule has 3 nitrogen and oxygen atoms in total. The van der Waals surface area contributed by atoms with Crippen molar-refractivity contribution in [2.24, 2.45) is 0 Å². The van der Waals surface area contributed by atoms with Crippen LogP contribution in [0.15, 0.2) is 23.5 Å². The van der Waals surface area contributed by atoms with E-state index in [4.69, 9.17) is 0 Å². The maximum Gasteiger partial charge on any atom is 0.313 e. The lowest BCUT2D eigenvalue weighted by molar-refractivity contribution is -0.144. The van der Waals surface area contributed by atoms with Crippen molar-refractivity contribution >= 4 is 23.5 Å². The highest BCUT2D eigenvalue weighted by atomic mass is 32.2. The van der Waals surface area contributed by atoms with Gasteiger partial charge in [0.05, 0.1) is 6.61 Å². The molecule has 0 amide bonds. The number of hydrogen-bond donors (Lipinski definition) is 0. The molecule has 0 aromatic rings. The molecule has 0 radical (unpaired) electrons. The van der Waals surface area contributed by atoms with Crippen LogP contribution in [0.25, 0.3) is 0 Å². The Morgan fingerprint density at radius 3 is 2.62 bits per heavy atom. The van der Waals surface area contributed by atoms with Gasteiger partial charge in [0.15, 0.2) is 5.78 Å². The third-order valence-electron chi connectivity index (χ3n) is 1.15. The Bertz CT molecular complexity index is 233. The van der Waals surface area contributed by atoms with Crippen LogP contribution in [0.4, 0.5) is 0 Å². The van der Waals surface area contributed by atoms with Crippen molar-refractivity contribution in [3.05, 3.63) is 23.5 Å². The second-order valence-electron chi connectivity index (χ2n) is 2.11. The number of carbonyl (C=O) groups is 2.